The zero-order valence-corrected chi connectivity index (χ0v) is 16.2. The molecule has 0 radical (unpaired) electrons. The van der Waals surface area contributed by atoms with Gasteiger partial charge >= 0.3 is 5.97 Å². The van der Waals surface area contributed by atoms with Crippen molar-refractivity contribution in [3.63, 3.8) is 0 Å². The molecule has 2 aromatic carbocycles. The van der Waals surface area contributed by atoms with E-state index in [1.54, 1.807) is 24.3 Å². The average Bonchev–Trinajstić information content (AvgIpc) is 2.69. The second-order valence-electron chi connectivity index (χ2n) is 5.09. The highest BCUT2D eigenvalue weighted by Gasteiger charge is 2.28. The molecule has 3 N–H and O–H groups in total. The summed E-state index contributed by atoms with van der Waals surface area (Å²) >= 11 is 0. The van der Waals surface area contributed by atoms with Crippen LogP contribution >= 0.6 is 0 Å². The Morgan fingerprint density at radius 2 is 1.50 bits per heavy atom. The Bertz CT molecular complexity index is 869. The number of carboxylic acids is 1. The van der Waals surface area contributed by atoms with Crippen molar-refractivity contribution in [3.05, 3.63) is 54.6 Å². The van der Waals surface area contributed by atoms with Crippen molar-refractivity contribution in [1.82, 2.24) is 9.79 Å². The molecule has 9 nitrogen and oxygen atoms in total. The van der Waals surface area contributed by atoms with Gasteiger partial charge in [0.25, 0.3) is 5.91 Å². The largest absolute Gasteiger partial charge is 0.480 e. The molecule has 10 heteroatoms. The normalized spacial score (nSPS) is 10.6. The van der Waals surface area contributed by atoms with E-state index in [4.69, 9.17) is 15.1 Å². The van der Waals surface area contributed by atoms with Crippen LogP contribution in [0.4, 0.5) is 0 Å². The number of hydrogen-bond acceptors (Lipinski definition) is 6. The first-order valence-corrected chi connectivity index (χ1v) is 9.75. The number of amides is 1. The van der Waals surface area contributed by atoms with Gasteiger partial charge in [-0.3, -0.25) is 14.8 Å². The first kappa shape index (κ1) is 23.1. The number of nitrogens with zero attached hydrogens (tertiary/aromatic N) is 1. The van der Waals surface area contributed by atoms with Gasteiger partial charge in [0.2, 0.25) is 10.0 Å². The van der Waals surface area contributed by atoms with Crippen molar-refractivity contribution in [2.24, 2.45) is 0 Å². The lowest BCUT2D eigenvalue weighted by Crippen LogP contribution is -2.42. The van der Waals surface area contributed by atoms with Crippen molar-refractivity contribution in [3.8, 4) is 11.5 Å². The summed E-state index contributed by atoms with van der Waals surface area (Å²) in [5.41, 5.74) is 1.27. The lowest BCUT2D eigenvalue weighted by molar-refractivity contribution is -0.137. The van der Waals surface area contributed by atoms with Gasteiger partial charge in [-0.1, -0.05) is 32.0 Å². The van der Waals surface area contributed by atoms with Gasteiger partial charge in [-0.05, 0) is 36.4 Å². The van der Waals surface area contributed by atoms with Crippen LogP contribution in [0, 0.1) is 0 Å². The smallest absolute Gasteiger partial charge is 0.318 e. The molecule has 0 unspecified atom stereocenters. The standard InChI is InChI=1S/C16H16N2O7S.C2H6/c19-15(17-22)10-18(11-16(20)21)26(23,24)14-8-6-13(7-9-14)25-12-4-2-1-3-5-12;1-2/h1-9,22H,10-11H2,(H,17,19)(H,20,21);1-2H3. The summed E-state index contributed by atoms with van der Waals surface area (Å²) in [5, 5.41) is 17.4. The minimum absolute atomic E-state index is 0.218. The molecular formula is C18H22N2O7S. The quantitative estimate of drug-likeness (QED) is 0.448. The Morgan fingerprint density at radius 3 is 2.00 bits per heavy atom. The minimum atomic E-state index is -4.27. The van der Waals surface area contributed by atoms with E-state index in [1.165, 1.54) is 29.7 Å². The van der Waals surface area contributed by atoms with Crippen LogP contribution in [0.2, 0.25) is 0 Å². The van der Waals surface area contributed by atoms with Crippen LogP contribution in [-0.4, -0.2) is 48.0 Å². The van der Waals surface area contributed by atoms with E-state index in [-0.39, 0.29) is 4.90 Å². The lowest BCUT2D eigenvalue weighted by atomic mass is 10.3. The summed E-state index contributed by atoms with van der Waals surface area (Å²) in [5.74, 6) is -1.55. The fourth-order valence-corrected chi connectivity index (χ4v) is 3.37. The number of carbonyl (C=O) groups is 2. The number of ether oxygens (including phenoxy) is 1. The maximum absolute atomic E-state index is 12.5. The number of benzene rings is 2. The van der Waals surface area contributed by atoms with Gasteiger partial charge in [-0.15, -0.1) is 0 Å². The zero-order valence-electron chi connectivity index (χ0n) is 15.4. The predicted molar refractivity (Wildman–Crippen MR) is 101 cm³/mol. The zero-order chi connectivity index (χ0) is 21.2. The SMILES string of the molecule is CC.O=C(O)CN(CC(=O)NO)S(=O)(=O)c1ccc(Oc2ccccc2)cc1. The number of rotatable bonds is 8. The fourth-order valence-electron chi connectivity index (χ4n) is 2.03. The van der Waals surface area contributed by atoms with Gasteiger partial charge in [0, 0.05) is 0 Å². The van der Waals surface area contributed by atoms with Crippen LogP contribution in [0.15, 0.2) is 59.5 Å². The number of hydrogen-bond donors (Lipinski definition) is 3. The highest BCUT2D eigenvalue weighted by molar-refractivity contribution is 7.89. The number of sulfonamides is 1. The van der Waals surface area contributed by atoms with Gasteiger partial charge < -0.3 is 9.84 Å². The Labute approximate surface area is 163 Å². The van der Waals surface area contributed by atoms with Gasteiger partial charge in [0.15, 0.2) is 0 Å². The number of aliphatic carboxylic acids is 1. The monoisotopic (exact) mass is 410 g/mol. The van der Waals surface area contributed by atoms with E-state index in [9.17, 15) is 18.0 Å². The van der Waals surface area contributed by atoms with E-state index >= 15 is 0 Å². The van der Waals surface area contributed by atoms with E-state index < -0.39 is 35.0 Å². The fraction of sp³-hybridized carbons (Fsp3) is 0.222. The molecule has 0 saturated heterocycles. The number of para-hydroxylation sites is 1. The summed E-state index contributed by atoms with van der Waals surface area (Å²) in [6.07, 6.45) is 0. The Hall–Kier alpha value is -2.95. The van der Waals surface area contributed by atoms with Crippen molar-refractivity contribution in [2.45, 2.75) is 18.7 Å². The second kappa shape index (κ2) is 11.0. The Morgan fingerprint density at radius 1 is 0.964 bits per heavy atom. The molecule has 152 valence electrons. The first-order chi connectivity index (χ1) is 13.3. The third kappa shape index (κ3) is 6.65. The molecule has 2 rings (SSSR count). The number of carboxylic acid groups (broad SMARTS) is 1. The molecule has 0 saturated carbocycles. The molecule has 1 amide bonds. The van der Waals surface area contributed by atoms with Crippen molar-refractivity contribution >= 4 is 21.9 Å². The molecule has 0 spiro atoms. The topological polar surface area (TPSA) is 133 Å². The van der Waals surface area contributed by atoms with Crippen LogP contribution < -0.4 is 10.2 Å². The maximum atomic E-state index is 12.5. The summed E-state index contributed by atoms with van der Waals surface area (Å²) in [6.45, 7) is 2.23. The molecule has 0 aromatic heterocycles. The lowest BCUT2D eigenvalue weighted by Gasteiger charge is -2.19. The molecular weight excluding hydrogens is 388 g/mol. The van der Waals surface area contributed by atoms with Crippen molar-refractivity contribution < 1.29 is 33.1 Å². The maximum Gasteiger partial charge on any atom is 0.318 e. The highest BCUT2D eigenvalue weighted by Crippen LogP contribution is 2.24. The van der Waals surface area contributed by atoms with E-state index in [0.29, 0.717) is 15.8 Å². The Kier molecular flexibility index (Phi) is 9.09. The molecule has 28 heavy (non-hydrogen) atoms. The average molecular weight is 410 g/mol. The van der Waals surface area contributed by atoms with Gasteiger partial charge in [-0.25, -0.2) is 13.9 Å². The molecule has 0 fully saturated rings. The predicted octanol–water partition coefficient (Wildman–Crippen LogP) is 2.09. The molecule has 2 aromatic rings. The first-order valence-electron chi connectivity index (χ1n) is 8.31. The van der Waals surface area contributed by atoms with Gasteiger partial charge in [0.1, 0.15) is 18.0 Å². The number of carbonyl (C=O) groups excluding carboxylic acids is 1. The summed E-state index contributed by atoms with van der Waals surface area (Å²) in [4.78, 5) is 21.9. The molecule has 0 aliphatic carbocycles. The second-order valence-corrected chi connectivity index (χ2v) is 7.03. The van der Waals surface area contributed by atoms with Crippen LogP contribution in [-0.2, 0) is 19.6 Å². The number of hydroxylamine groups is 1. The van der Waals surface area contributed by atoms with Crippen LogP contribution in [0.1, 0.15) is 13.8 Å². The van der Waals surface area contributed by atoms with Gasteiger partial charge in [0.05, 0.1) is 11.4 Å². The highest BCUT2D eigenvalue weighted by atomic mass is 32.2. The van der Waals surface area contributed by atoms with E-state index in [1.807, 2.05) is 19.9 Å². The third-order valence-corrected chi connectivity index (χ3v) is 5.00. The molecule has 0 atom stereocenters. The minimum Gasteiger partial charge on any atom is -0.480 e. The van der Waals surface area contributed by atoms with E-state index in [2.05, 4.69) is 0 Å². The molecule has 0 heterocycles. The molecule has 0 aliphatic heterocycles. The summed E-state index contributed by atoms with van der Waals surface area (Å²) in [7, 11) is -4.27. The molecule has 0 bridgehead atoms. The Balaban J connectivity index is 0.00000190. The number of nitrogens with one attached hydrogen (secondary N) is 1. The third-order valence-electron chi connectivity index (χ3n) is 3.20. The van der Waals surface area contributed by atoms with Crippen molar-refractivity contribution in [2.75, 3.05) is 13.1 Å². The summed E-state index contributed by atoms with van der Waals surface area (Å²) < 4.78 is 31.1. The van der Waals surface area contributed by atoms with Crippen molar-refractivity contribution in [1.29, 1.82) is 0 Å². The van der Waals surface area contributed by atoms with Crippen LogP contribution in [0.5, 0.6) is 11.5 Å². The van der Waals surface area contributed by atoms with E-state index in [0.717, 1.165) is 0 Å². The molecule has 0 aliphatic rings. The van der Waals surface area contributed by atoms with Gasteiger partial charge in [-0.2, -0.15) is 4.31 Å². The van der Waals surface area contributed by atoms with Crippen LogP contribution in [0.3, 0.4) is 0 Å². The summed E-state index contributed by atoms with van der Waals surface area (Å²) in [6, 6.07) is 14.1. The van der Waals surface area contributed by atoms with Crippen LogP contribution in [0.25, 0.3) is 0 Å².